The third-order valence-electron chi connectivity index (χ3n) is 3.96. The number of rotatable bonds is 10. The number of ether oxygens (including phenoxy) is 2. The molecule has 0 N–H and O–H groups in total. The van der Waals surface area contributed by atoms with E-state index in [1.165, 1.54) is 12.8 Å². The molecular weight excluding hydrogens is 248 g/mol. The first kappa shape index (κ1) is 16.9. The average Bonchev–Trinajstić information content (AvgIpc) is 2.47. The zero-order valence-corrected chi connectivity index (χ0v) is 13.5. The summed E-state index contributed by atoms with van der Waals surface area (Å²) < 4.78 is 11.6. The standard InChI is InChI=1S/C18H30O2/c1-5-15(3)10-12-19-17-8-7-9-18(14-17)20-13-11-16(4)6-2/h7-9,14-16H,5-6,10-13H2,1-4H3. The van der Waals surface area contributed by atoms with Crippen molar-refractivity contribution in [3.05, 3.63) is 24.3 Å². The monoisotopic (exact) mass is 278 g/mol. The molecule has 0 bridgehead atoms. The molecule has 0 heterocycles. The second kappa shape index (κ2) is 9.68. The minimum Gasteiger partial charge on any atom is -0.493 e. The molecule has 0 aliphatic carbocycles. The van der Waals surface area contributed by atoms with Crippen molar-refractivity contribution in [1.29, 1.82) is 0 Å². The molecule has 0 saturated heterocycles. The van der Waals surface area contributed by atoms with E-state index < -0.39 is 0 Å². The maximum absolute atomic E-state index is 5.79. The molecule has 1 aromatic rings. The van der Waals surface area contributed by atoms with Crippen LogP contribution in [0.3, 0.4) is 0 Å². The third-order valence-corrected chi connectivity index (χ3v) is 3.96. The van der Waals surface area contributed by atoms with Crippen molar-refractivity contribution < 1.29 is 9.47 Å². The molecule has 0 aliphatic rings. The van der Waals surface area contributed by atoms with Crippen LogP contribution >= 0.6 is 0 Å². The van der Waals surface area contributed by atoms with Crippen LogP contribution in [0.5, 0.6) is 11.5 Å². The van der Waals surface area contributed by atoms with Crippen LogP contribution in [-0.4, -0.2) is 13.2 Å². The summed E-state index contributed by atoms with van der Waals surface area (Å²) in [5.74, 6) is 3.28. The molecule has 0 amide bonds. The summed E-state index contributed by atoms with van der Waals surface area (Å²) in [6.45, 7) is 10.5. The molecule has 0 radical (unpaired) electrons. The van der Waals surface area contributed by atoms with Crippen LogP contribution in [0, 0.1) is 11.8 Å². The van der Waals surface area contributed by atoms with Crippen molar-refractivity contribution in [1.82, 2.24) is 0 Å². The molecule has 1 rings (SSSR count). The Morgan fingerprint density at radius 1 is 0.850 bits per heavy atom. The lowest BCUT2D eigenvalue weighted by molar-refractivity contribution is 0.269. The number of hydrogen-bond donors (Lipinski definition) is 0. The smallest absolute Gasteiger partial charge is 0.122 e. The van der Waals surface area contributed by atoms with Gasteiger partial charge >= 0.3 is 0 Å². The van der Waals surface area contributed by atoms with Gasteiger partial charge in [-0.05, 0) is 36.8 Å². The molecule has 0 spiro atoms. The largest absolute Gasteiger partial charge is 0.493 e. The summed E-state index contributed by atoms with van der Waals surface area (Å²) in [4.78, 5) is 0. The second-order valence-electron chi connectivity index (χ2n) is 5.78. The van der Waals surface area contributed by atoms with Crippen LogP contribution in [0.4, 0.5) is 0 Å². The molecule has 2 nitrogen and oxygen atoms in total. The molecule has 0 aromatic heterocycles. The molecule has 1 aromatic carbocycles. The molecule has 2 heteroatoms. The lowest BCUT2D eigenvalue weighted by Gasteiger charge is -2.12. The molecule has 114 valence electrons. The Morgan fingerprint density at radius 3 is 1.70 bits per heavy atom. The fraction of sp³-hybridized carbons (Fsp3) is 0.667. The zero-order chi connectivity index (χ0) is 14.8. The van der Waals surface area contributed by atoms with Gasteiger partial charge in [0.25, 0.3) is 0 Å². The minimum absolute atomic E-state index is 0.727. The van der Waals surface area contributed by atoms with Crippen molar-refractivity contribution in [2.75, 3.05) is 13.2 Å². The molecule has 2 atom stereocenters. The van der Waals surface area contributed by atoms with Gasteiger partial charge in [0.2, 0.25) is 0 Å². The van der Waals surface area contributed by atoms with E-state index >= 15 is 0 Å². The highest BCUT2D eigenvalue weighted by Crippen LogP contribution is 2.21. The quantitative estimate of drug-likeness (QED) is 0.577. The van der Waals surface area contributed by atoms with Gasteiger partial charge in [0.1, 0.15) is 11.5 Å². The van der Waals surface area contributed by atoms with Crippen LogP contribution in [0.15, 0.2) is 24.3 Å². The van der Waals surface area contributed by atoms with E-state index in [1.54, 1.807) is 0 Å². The van der Waals surface area contributed by atoms with Gasteiger partial charge in [0, 0.05) is 6.07 Å². The van der Waals surface area contributed by atoms with E-state index in [2.05, 4.69) is 27.7 Å². The summed E-state index contributed by atoms with van der Waals surface area (Å²) in [7, 11) is 0. The minimum atomic E-state index is 0.727. The van der Waals surface area contributed by atoms with Crippen molar-refractivity contribution in [3.8, 4) is 11.5 Å². The lowest BCUT2D eigenvalue weighted by atomic mass is 10.1. The van der Waals surface area contributed by atoms with Crippen LogP contribution in [0.1, 0.15) is 53.4 Å². The maximum Gasteiger partial charge on any atom is 0.122 e. The first-order chi connectivity index (χ1) is 9.65. The van der Waals surface area contributed by atoms with Gasteiger partial charge in [-0.25, -0.2) is 0 Å². The Morgan fingerprint density at radius 2 is 1.30 bits per heavy atom. The van der Waals surface area contributed by atoms with Crippen LogP contribution in [-0.2, 0) is 0 Å². The fourth-order valence-electron chi connectivity index (χ4n) is 1.82. The zero-order valence-electron chi connectivity index (χ0n) is 13.5. The first-order valence-corrected chi connectivity index (χ1v) is 8.01. The summed E-state index contributed by atoms with van der Waals surface area (Å²) >= 11 is 0. The van der Waals surface area contributed by atoms with Gasteiger partial charge in [0.05, 0.1) is 13.2 Å². The predicted molar refractivity (Wildman–Crippen MR) is 85.6 cm³/mol. The van der Waals surface area contributed by atoms with E-state index in [-0.39, 0.29) is 0 Å². The van der Waals surface area contributed by atoms with Crippen LogP contribution < -0.4 is 9.47 Å². The molecule has 20 heavy (non-hydrogen) atoms. The Kier molecular flexibility index (Phi) is 8.17. The number of hydrogen-bond acceptors (Lipinski definition) is 2. The highest BCUT2D eigenvalue weighted by Gasteiger charge is 2.02. The molecule has 0 fully saturated rings. The highest BCUT2D eigenvalue weighted by molar-refractivity contribution is 5.32. The lowest BCUT2D eigenvalue weighted by Crippen LogP contribution is -2.04. The van der Waals surface area contributed by atoms with Gasteiger partial charge in [-0.1, -0.05) is 46.6 Å². The van der Waals surface area contributed by atoms with Gasteiger partial charge in [-0.3, -0.25) is 0 Å². The van der Waals surface area contributed by atoms with Crippen molar-refractivity contribution >= 4 is 0 Å². The summed E-state index contributed by atoms with van der Waals surface area (Å²) in [6, 6.07) is 7.99. The normalized spacial score (nSPS) is 13.8. The van der Waals surface area contributed by atoms with Crippen LogP contribution in [0.2, 0.25) is 0 Å². The van der Waals surface area contributed by atoms with E-state index in [0.717, 1.165) is 49.4 Å². The predicted octanol–water partition coefficient (Wildman–Crippen LogP) is 5.32. The highest BCUT2D eigenvalue weighted by atomic mass is 16.5. The third kappa shape index (κ3) is 6.83. The van der Waals surface area contributed by atoms with Crippen molar-refractivity contribution in [2.45, 2.75) is 53.4 Å². The second-order valence-corrected chi connectivity index (χ2v) is 5.78. The Labute approximate surface area is 124 Å². The van der Waals surface area contributed by atoms with Crippen LogP contribution in [0.25, 0.3) is 0 Å². The number of benzene rings is 1. The maximum atomic E-state index is 5.79. The van der Waals surface area contributed by atoms with Crippen molar-refractivity contribution in [2.24, 2.45) is 11.8 Å². The summed E-state index contributed by atoms with van der Waals surface area (Å²) in [6.07, 6.45) is 4.63. The van der Waals surface area contributed by atoms with E-state index in [1.807, 2.05) is 24.3 Å². The Bertz CT molecular complexity index is 331. The Hall–Kier alpha value is -1.18. The van der Waals surface area contributed by atoms with Gasteiger partial charge in [0.15, 0.2) is 0 Å². The van der Waals surface area contributed by atoms with Gasteiger partial charge < -0.3 is 9.47 Å². The molecule has 0 saturated carbocycles. The molecule has 2 unspecified atom stereocenters. The molecular formula is C18H30O2. The summed E-state index contributed by atoms with van der Waals surface area (Å²) in [5.41, 5.74) is 0. The average molecular weight is 278 g/mol. The summed E-state index contributed by atoms with van der Waals surface area (Å²) in [5, 5.41) is 0. The van der Waals surface area contributed by atoms with Gasteiger partial charge in [-0.2, -0.15) is 0 Å². The topological polar surface area (TPSA) is 18.5 Å². The van der Waals surface area contributed by atoms with E-state index in [9.17, 15) is 0 Å². The SMILES string of the molecule is CCC(C)CCOc1cccc(OCCC(C)CC)c1. The Balaban J connectivity index is 2.33. The fourth-order valence-corrected chi connectivity index (χ4v) is 1.82. The van der Waals surface area contributed by atoms with Gasteiger partial charge in [-0.15, -0.1) is 0 Å². The van der Waals surface area contributed by atoms with E-state index in [4.69, 9.17) is 9.47 Å². The first-order valence-electron chi connectivity index (χ1n) is 8.01. The molecule has 0 aliphatic heterocycles. The van der Waals surface area contributed by atoms with E-state index in [0.29, 0.717) is 0 Å². The van der Waals surface area contributed by atoms with Crippen molar-refractivity contribution in [3.63, 3.8) is 0 Å².